The van der Waals surface area contributed by atoms with Crippen molar-refractivity contribution in [3.63, 3.8) is 0 Å². The van der Waals surface area contributed by atoms with E-state index in [1.807, 2.05) is 0 Å². The van der Waals surface area contributed by atoms with Gasteiger partial charge < -0.3 is 10.4 Å². The molecule has 8 heteroatoms. The van der Waals surface area contributed by atoms with Gasteiger partial charge in [0, 0.05) is 12.1 Å². The first-order valence-electron chi connectivity index (χ1n) is 4.58. The molecular weight excluding hydrogens is 241 g/mol. The van der Waals surface area contributed by atoms with E-state index in [-0.39, 0.29) is 6.54 Å². The fourth-order valence-electron chi connectivity index (χ4n) is 1.28. The van der Waals surface area contributed by atoms with Gasteiger partial charge in [-0.2, -0.15) is 4.39 Å². The first-order valence-corrected chi connectivity index (χ1v) is 4.58. The highest BCUT2D eigenvalue weighted by atomic mass is 19.2. The second kappa shape index (κ2) is 5.00. The zero-order valence-corrected chi connectivity index (χ0v) is 8.76. The molecule has 1 aromatic rings. The Bertz CT molecular complexity index is 466. The predicted octanol–water partition coefficient (Wildman–Crippen LogP) is 1.72. The fourth-order valence-corrected chi connectivity index (χ4v) is 1.28. The van der Waals surface area contributed by atoms with Crippen LogP contribution in [0.5, 0.6) is 0 Å². The van der Waals surface area contributed by atoms with E-state index in [2.05, 4.69) is 5.32 Å². The van der Waals surface area contributed by atoms with E-state index in [1.54, 1.807) is 0 Å². The van der Waals surface area contributed by atoms with E-state index in [1.165, 1.54) is 0 Å². The summed E-state index contributed by atoms with van der Waals surface area (Å²) in [4.78, 5) is 9.45. The van der Waals surface area contributed by atoms with Crippen molar-refractivity contribution in [1.82, 2.24) is 0 Å². The maximum Gasteiger partial charge on any atom is 0.331 e. The maximum absolute atomic E-state index is 13.4. The molecule has 0 fully saturated rings. The van der Waals surface area contributed by atoms with E-state index >= 15 is 0 Å². The summed E-state index contributed by atoms with van der Waals surface area (Å²) in [6, 6.07) is 0. The number of rotatable bonds is 4. The Morgan fingerprint density at radius 2 is 1.88 bits per heavy atom. The van der Waals surface area contributed by atoms with Gasteiger partial charge in [-0.1, -0.05) is 0 Å². The number of hydrogen-bond acceptors (Lipinski definition) is 4. The van der Waals surface area contributed by atoms with Crippen molar-refractivity contribution < 1.29 is 23.2 Å². The fraction of sp³-hybridized carbons (Fsp3) is 0.333. The molecule has 0 aliphatic carbocycles. The van der Waals surface area contributed by atoms with Gasteiger partial charge in [0.1, 0.15) is 0 Å². The number of aliphatic hydroxyl groups excluding tert-OH is 1. The Morgan fingerprint density at radius 1 is 1.29 bits per heavy atom. The highest BCUT2D eigenvalue weighted by molar-refractivity contribution is 5.65. The molecule has 1 aromatic carbocycles. The number of nitrogens with one attached hydrogen (secondary N) is 1. The minimum Gasteiger partial charge on any atom is -0.395 e. The zero-order chi connectivity index (χ0) is 13.2. The molecule has 0 saturated carbocycles. The molecule has 0 heterocycles. The van der Waals surface area contributed by atoms with Crippen LogP contribution in [0.1, 0.15) is 5.56 Å². The number of nitro groups is 1. The molecule has 2 N–H and O–H groups in total. The van der Waals surface area contributed by atoms with Crippen LogP contribution in [0, 0.1) is 34.5 Å². The van der Waals surface area contributed by atoms with Crippen LogP contribution >= 0.6 is 0 Å². The van der Waals surface area contributed by atoms with Crippen molar-refractivity contribution in [2.24, 2.45) is 0 Å². The van der Waals surface area contributed by atoms with Gasteiger partial charge in [0.15, 0.2) is 17.3 Å². The quantitative estimate of drug-likeness (QED) is 0.484. The lowest BCUT2D eigenvalue weighted by Gasteiger charge is -2.10. The lowest BCUT2D eigenvalue weighted by molar-refractivity contribution is -0.386. The lowest BCUT2D eigenvalue weighted by atomic mass is 10.1. The van der Waals surface area contributed by atoms with Crippen molar-refractivity contribution >= 4 is 11.4 Å². The Hall–Kier alpha value is -1.83. The second-order valence-corrected chi connectivity index (χ2v) is 3.20. The van der Waals surface area contributed by atoms with Crippen LogP contribution in [0.4, 0.5) is 24.5 Å². The van der Waals surface area contributed by atoms with Crippen molar-refractivity contribution in [2.75, 3.05) is 18.5 Å². The summed E-state index contributed by atoms with van der Waals surface area (Å²) in [6.07, 6.45) is 0. The van der Waals surface area contributed by atoms with E-state index in [9.17, 15) is 23.3 Å². The molecule has 17 heavy (non-hydrogen) atoms. The standard InChI is InChI=1S/C9H9F3N2O3/c1-4-5(10)7(12)8(13-2-3-15)9(6(4)11)14(16)17/h13,15H,2-3H2,1H3. The lowest BCUT2D eigenvalue weighted by Crippen LogP contribution is -2.12. The molecule has 0 amide bonds. The Morgan fingerprint density at radius 3 is 2.35 bits per heavy atom. The van der Waals surface area contributed by atoms with Crippen LogP contribution < -0.4 is 5.32 Å². The molecule has 0 radical (unpaired) electrons. The van der Waals surface area contributed by atoms with Gasteiger partial charge in [0.2, 0.25) is 5.82 Å². The Labute approximate surface area is 94.0 Å². The summed E-state index contributed by atoms with van der Waals surface area (Å²) in [7, 11) is 0. The van der Waals surface area contributed by atoms with Gasteiger partial charge >= 0.3 is 5.69 Å². The van der Waals surface area contributed by atoms with Gasteiger partial charge in [-0.15, -0.1) is 0 Å². The van der Waals surface area contributed by atoms with Crippen molar-refractivity contribution in [1.29, 1.82) is 0 Å². The molecule has 0 spiro atoms. The highest BCUT2D eigenvalue weighted by Crippen LogP contribution is 2.34. The average molecular weight is 250 g/mol. The van der Waals surface area contributed by atoms with Crippen LogP contribution in [0.25, 0.3) is 0 Å². The average Bonchev–Trinajstić information content (AvgIpc) is 2.28. The molecule has 0 atom stereocenters. The minimum absolute atomic E-state index is 0.264. The van der Waals surface area contributed by atoms with Gasteiger partial charge in [-0.25, -0.2) is 8.78 Å². The Kier molecular flexibility index (Phi) is 3.89. The predicted molar refractivity (Wildman–Crippen MR) is 53.3 cm³/mol. The minimum atomic E-state index is -1.54. The van der Waals surface area contributed by atoms with Crippen LogP contribution in [0.3, 0.4) is 0 Å². The molecule has 5 nitrogen and oxygen atoms in total. The van der Waals surface area contributed by atoms with Gasteiger partial charge in [-0.05, 0) is 6.92 Å². The number of halogens is 3. The third-order valence-electron chi connectivity index (χ3n) is 2.11. The molecule has 0 unspecified atom stereocenters. The third kappa shape index (κ3) is 2.31. The molecule has 94 valence electrons. The second-order valence-electron chi connectivity index (χ2n) is 3.20. The van der Waals surface area contributed by atoms with Crippen molar-refractivity contribution in [3.8, 4) is 0 Å². The first-order chi connectivity index (χ1) is 7.91. The largest absolute Gasteiger partial charge is 0.395 e. The number of nitrogens with zero attached hydrogens (tertiary/aromatic N) is 1. The summed E-state index contributed by atoms with van der Waals surface area (Å²) in [5.41, 5.74) is -2.83. The highest BCUT2D eigenvalue weighted by Gasteiger charge is 2.30. The smallest absolute Gasteiger partial charge is 0.331 e. The monoisotopic (exact) mass is 250 g/mol. The molecule has 0 aliphatic rings. The van der Waals surface area contributed by atoms with Crippen LogP contribution in [-0.4, -0.2) is 23.2 Å². The summed E-state index contributed by atoms with van der Waals surface area (Å²) in [5, 5.41) is 21.2. The van der Waals surface area contributed by atoms with Crippen LogP contribution in [0.15, 0.2) is 0 Å². The van der Waals surface area contributed by atoms with E-state index < -0.39 is 45.9 Å². The molecule has 0 aromatic heterocycles. The van der Waals surface area contributed by atoms with Crippen molar-refractivity contribution in [2.45, 2.75) is 6.92 Å². The topological polar surface area (TPSA) is 75.4 Å². The summed E-state index contributed by atoms with van der Waals surface area (Å²) < 4.78 is 40.0. The number of benzene rings is 1. The third-order valence-corrected chi connectivity index (χ3v) is 2.11. The number of aliphatic hydroxyl groups is 1. The molecular formula is C9H9F3N2O3. The van der Waals surface area contributed by atoms with E-state index in [0.717, 1.165) is 6.92 Å². The SMILES string of the molecule is Cc1c(F)c(F)c(NCCO)c([N+](=O)[O-])c1F. The normalized spacial score (nSPS) is 10.4. The number of nitro benzene ring substituents is 1. The van der Waals surface area contributed by atoms with Gasteiger partial charge in [0.05, 0.1) is 11.5 Å². The summed E-state index contributed by atoms with van der Waals surface area (Å²) in [5.74, 6) is -4.47. The number of anilines is 1. The Balaban J connectivity index is 3.48. The summed E-state index contributed by atoms with van der Waals surface area (Å²) in [6.45, 7) is 0.171. The van der Waals surface area contributed by atoms with Crippen LogP contribution in [0.2, 0.25) is 0 Å². The molecule has 1 rings (SSSR count). The van der Waals surface area contributed by atoms with Gasteiger partial charge in [-0.3, -0.25) is 10.1 Å². The summed E-state index contributed by atoms with van der Waals surface area (Å²) >= 11 is 0. The number of hydrogen-bond donors (Lipinski definition) is 2. The first kappa shape index (κ1) is 13.2. The van der Waals surface area contributed by atoms with Crippen molar-refractivity contribution in [3.05, 3.63) is 33.1 Å². The zero-order valence-electron chi connectivity index (χ0n) is 8.76. The van der Waals surface area contributed by atoms with Crippen LogP contribution in [-0.2, 0) is 0 Å². The van der Waals surface area contributed by atoms with Gasteiger partial charge in [0.25, 0.3) is 0 Å². The molecule has 0 bridgehead atoms. The molecule has 0 aliphatic heterocycles. The molecule has 0 saturated heterocycles. The maximum atomic E-state index is 13.4. The van der Waals surface area contributed by atoms with E-state index in [0.29, 0.717) is 0 Å². The van der Waals surface area contributed by atoms with E-state index in [4.69, 9.17) is 5.11 Å².